The molecule has 0 fully saturated rings. The second-order valence-corrected chi connectivity index (χ2v) is 6.19. The summed E-state index contributed by atoms with van der Waals surface area (Å²) >= 11 is 5.06. The fourth-order valence-electron chi connectivity index (χ4n) is 2.22. The topological polar surface area (TPSA) is 48.0 Å². The Kier molecular flexibility index (Phi) is 4.23. The lowest BCUT2D eigenvalue weighted by Crippen LogP contribution is -2.30. The van der Waals surface area contributed by atoms with Crippen molar-refractivity contribution < 1.29 is 0 Å². The van der Waals surface area contributed by atoms with Crippen molar-refractivity contribution in [2.75, 3.05) is 0 Å². The predicted molar refractivity (Wildman–Crippen MR) is 88.0 cm³/mol. The van der Waals surface area contributed by atoms with Crippen molar-refractivity contribution in [2.24, 2.45) is 11.1 Å². The molecule has 2 aromatic rings. The molecule has 0 saturated heterocycles. The number of aryl methyl sites for hydroxylation is 1. The highest BCUT2D eigenvalue weighted by atomic mass is 32.1. The zero-order chi connectivity index (χ0) is 14.8. The highest BCUT2D eigenvalue weighted by molar-refractivity contribution is 7.80. The summed E-state index contributed by atoms with van der Waals surface area (Å²) in [4.78, 5) is 12.9. The summed E-state index contributed by atoms with van der Waals surface area (Å²) in [5.41, 5.74) is 5.63. The molecular weight excluding hydrogens is 268 g/mol. The Morgan fingerprint density at radius 2 is 2.00 bits per heavy atom. The third kappa shape index (κ3) is 3.07. The summed E-state index contributed by atoms with van der Waals surface area (Å²) in [7, 11) is 0. The fraction of sp³-hybridized carbons (Fsp3) is 0.375. The second-order valence-electron chi connectivity index (χ2n) is 5.75. The first-order valence-electron chi connectivity index (χ1n) is 6.80. The molecule has 2 N–H and O–H groups in total. The fourth-order valence-corrected chi connectivity index (χ4v) is 2.32. The van der Waals surface area contributed by atoms with E-state index in [1.54, 1.807) is 4.57 Å². The Hall–Kier alpha value is -1.68. The lowest BCUT2D eigenvalue weighted by molar-refractivity contribution is 0.434. The molecule has 3 nitrogen and oxygen atoms in total. The van der Waals surface area contributed by atoms with Gasteiger partial charge in [0.1, 0.15) is 0 Å². The lowest BCUT2D eigenvalue weighted by Gasteiger charge is -2.22. The maximum Gasteiger partial charge on any atom is 0.258 e. The number of pyridine rings is 1. The summed E-state index contributed by atoms with van der Waals surface area (Å²) in [6, 6.07) is 9.64. The summed E-state index contributed by atoms with van der Waals surface area (Å²) in [6.45, 7) is 4.77. The Labute approximate surface area is 124 Å². The zero-order valence-electron chi connectivity index (χ0n) is 11.9. The SMILES string of the molecule is CC(C)(CCCn1ccc2ccccc2c1=O)C(N)=S. The molecule has 106 valence electrons. The Balaban J connectivity index is 2.13. The molecule has 0 aliphatic heterocycles. The molecule has 4 heteroatoms. The minimum absolute atomic E-state index is 0.0660. The van der Waals surface area contributed by atoms with Gasteiger partial charge in [-0.3, -0.25) is 4.79 Å². The van der Waals surface area contributed by atoms with E-state index >= 15 is 0 Å². The maximum atomic E-state index is 12.3. The van der Waals surface area contributed by atoms with Crippen molar-refractivity contribution in [3.05, 3.63) is 46.9 Å². The quantitative estimate of drug-likeness (QED) is 0.860. The average Bonchev–Trinajstić information content (AvgIpc) is 2.41. The molecule has 0 radical (unpaired) electrons. The normalized spacial score (nSPS) is 11.7. The van der Waals surface area contributed by atoms with Crippen LogP contribution in [0.25, 0.3) is 10.8 Å². The van der Waals surface area contributed by atoms with Crippen molar-refractivity contribution in [3.8, 4) is 0 Å². The van der Waals surface area contributed by atoms with Crippen molar-refractivity contribution in [1.29, 1.82) is 0 Å². The number of thiocarbonyl (C=S) groups is 1. The second kappa shape index (κ2) is 5.75. The molecule has 0 aliphatic rings. The molecule has 0 aliphatic carbocycles. The first-order chi connectivity index (χ1) is 9.42. The van der Waals surface area contributed by atoms with Crippen LogP contribution in [0.1, 0.15) is 26.7 Å². The van der Waals surface area contributed by atoms with Crippen molar-refractivity contribution in [1.82, 2.24) is 4.57 Å². The van der Waals surface area contributed by atoms with Crippen LogP contribution in [0.3, 0.4) is 0 Å². The molecule has 0 saturated carbocycles. The van der Waals surface area contributed by atoms with Gasteiger partial charge in [-0.25, -0.2) is 0 Å². The van der Waals surface area contributed by atoms with E-state index in [0.29, 0.717) is 11.5 Å². The Morgan fingerprint density at radius 3 is 2.70 bits per heavy atom. The smallest absolute Gasteiger partial charge is 0.258 e. The summed E-state index contributed by atoms with van der Waals surface area (Å²) < 4.78 is 1.76. The van der Waals surface area contributed by atoms with E-state index in [1.807, 2.05) is 50.4 Å². The molecule has 0 spiro atoms. The molecule has 2 rings (SSSR count). The van der Waals surface area contributed by atoms with Gasteiger partial charge in [0, 0.05) is 23.5 Å². The number of nitrogens with two attached hydrogens (primary N) is 1. The number of nitrogens with zero attached hydrogens (tertiary/aromatic N) is 1. The molecule has 0 bridgehead atoms. The van der Waals surface area contributed by atoms with Crippen LogP contribution < -0.4 is 11.3 Å². The zero-order valence-corrected chi connectivity index (χ0v) is 12.7. The van der Waals surface area contributed by atoms with Gasteiger partial charge in [-0.15, -0.1) is 0 Å². The van der Waals surface area contributed by atoms with Crippen molar-refractivity contribution >= 4 is 28.0 Å². The molecule has 20 heavy (non-hydrogen) atoms. The minimum atomic E-state index is -0.157. The van der Waals surface area contributed by atoms with Gasteiger partial charge >= 0.3 is 0 Å². The molecule has 1 aromatic carbocycles. The van der Waals surface area contributed by atoms with E-state index in [9.17, 15) is 4.79 Å². The van der Waals surface area contributed by atoms with Crippen LogP contribution in [0.4, 0.5) is 0 Å². The largest absolute Gasteiger partial charge is 0.393 e. The summed E-state index contributed by atoms with van der Waals surface area (Å²) in [6.07, 6.45) is 3.61. The van der Waals surface area contributed by atoms with Gasteiger partial charge in [0.25, 0.3) is 5.56 Å². The minimum Gasteiger partial charge on any atom is -0.393 e. The van der Waals surface area contributed by atoms with Crippen LogP contribution in [-0.4, -0.2) is 9.56 Å². The number of hydrogen-bond donors (Lipinski definition) is 1. The summed E-state index contributed by atoms with van der Waals surface area (Å²) in [5.74, 6) is 0. The van der Waals surface area contributed by atoms with E-state index in [4.69, 9.17) is 18.0 Å². The average molecular weight is 288 g/mol. The summed E-state index contributed by atoms with van der Waals surface area (Å²) in [5, 5.41) is 1.75. The molecule has 1 aromatic heterocycles. The van der Waals surface area contributed by atoms with Gasteiger partial charge in [0.05, 0.1) is 4.99 Å². The number of rotatable bonds is 5. The van der Waals surface area contributed by atoms with Crippen LogP contribution >= 0.6 is 12.2 Å². The molecule has 1 heterocycles. The van der Waals surface area contributed by atoms with Crippen LogP contribution in [0.15, 0.2) is 41.3 Å². The lowest BCUT2D eigenvalue weighted by atomic mass is 9.88. The Morgan fingerprint density at radius 1 is 1.30 bits per heavy atom. The highest BCUT2D eigenvalue weighted by Gasteiger charge is 2.20. The van der Waals surface area contributed by atoms with E-state index in [1.165, 1.54) is 0 Å². The van der Waals surface area contributed by atoms with Crippen LogP contribution in [-0.2, 0) is 6.54 Å². The predicted octanol–water partition coefficient (Wildman–Crippen LogP) is 3.09. The van der Waals surface area contributed by atoms with Crippen LogP contribution in [0, 0.1) is 5.41 Å². The van der Waals surface area contributed by atoms with Crippen LogP contribution in [0.5, 0.6) is 0 Å². The third-order valence-electron chi connectivity index (χ3n) is 3.75. The number of benzene rings is 1. The number of fused-ring (bicyclic) bond motifs is 1. The van der Waals surface area contributed by atoms with E-state index in [0.717, 1.165) is 23.6 Å². The Bertz CT molecular complexity index is 688. The van der Waals surface area contributed by atoms with Gasteiger partial charge in [-0.1, -0.05) is 44.3 Å². The van der Waals surface area contributed by atoms with Crippen molar-refractivity contribution in [3.63, 3.8) is 0 Å². The van der Waals surface area contributed by atoms with Gasteiger partial charge in [-0.2, -0.15) is 0 Å². The standard InChI is InChI=1S/C16H20N2OS/c1-16(2,15(17)20)9-5-10-18-11-8-12-6-3-4-7-13(12)14(18)19/h3-4,6-8,11H,5,9-10H2,1-2H3,(H2,17,20). The molecule has 0 amide bonds. The first-order valence-corrected chi connectivity index (χ1v) is 7.21. The van der Waals surface area contributed by atoms with Crippen molar-refractivity contribution in [2.45, 2.75) is 33.2 Å². The number of aromatic nitrogens is 1. The van der Waals surface area contributed by atoms with Crippen LogP contribution in [0.2, 0.25) is 0 Å². The van der Waals surface area contributed by atoms with E-state index in [-0.39, 0.29) is 11.0 Å². The van der Waals surface area contributed by atoms with Gasteiger partial charge < -0.3 is 10.3 Å². The molecule has 0 unspecified atom stereocenters. The van der Waals surface area contributed by atoms with Gasteiger partial charge in [0.15, 0.2) is 0 Å². The van der Waals surface area contributed by atoms with Gasteiger partial charge in [0.2, 0.25) is 0 Å². The third-order valence-corrected chi connectivity index (χ3v) is 4.31. The van der Waals surface area contributed by atoms with E-state index < -0.39 is 0 Å². The molecular formula is C16H20N2OS. The first kappa shape index (κ1) is 14.7. The van der Waals surface area contributed by atoms with E-state index in [2.05, 4.69) is 0 Å². The van der Waals surface area contributed by atoms with Gasteiger partial charge in [-0.05, 0) is 30.4 Å². The molecule has 0 atom stereocenters. The monoisotopic (exact) mass is 288 g/mol. The highest BCUT2D eigenvalue weighted by Crippen LogP contribution is 2.22. The maximum absolute atomic E-state index is 12.3. The number of hydrogen-bond acceptors (Lipinski definition) is 2.